The Morgan fingerprint density at radius 3 is 2.82 bits per heavy atom. The van der Waals surface area contributed by atoms with Crippen LogP contribution < -0.4 is 10.2 Å². The number of rotatable bonds is 3. The van der Waals surface area contributed by atoms with Crippen molar-refractivity contribution >= 4 is 11.9 Å². The molecule has 0 bridgehead atoms. The van der Waals surface area contributed by atoms with Crippen molar-refractivity contribution in [3.63, 3.8) is 0 Å². The Hall–Kier alpha value is -1.69. The van der Waals surface area contributed by atoms with Crippen molar-refractivity contribution in [2.75, 3.05) is 31.6 Å². The fourth-order valence-electron chi connectivity index (χ4n) is 3.61. The quantitative estimate of drug-likeness (QED) is 0.905. The van der Waals surface area contributed by atoms with Gasteiger partial charge in [-0.05, 0) is 32.3 Å². The second-order valence-corrected chi connectivity index (χ2v) is 6.36. The SMILES string of the molecule is CNC(=O)C[C@@H]1OC[C@H]2CN(c3nc(C)cc(C)n3)CC[C@H]21. The maximum Gasteiger partial charge on any atom is 0.225 e. The van der Waals surface area contributed by atoms with Crippen LogP contribution in [0.5, 0.6) is 0 Å². The Labute approximate surface area is 131 Å². The van der Waals surface area contributed by atoms with Crippen molar-refractivity contribution in [3.8, 4) is 0 Å². The number of fused-ring (bicyclic) bond motifs is 1. The van der Waals surface area contributed by atoms with Crippen LogP contribution in [-0.2, 0) is 9.53 Å². The van der Waals surface area contributed by atoms with Gasteiger partial charge < -0.3 is 15.0 Å². The number of hydrogen-bond acceptors (Lipinski definition) is 5. The van der Waals surface area contributed by atoms with Gasteiger partial charge in [-0.25, -0.2) is 9.97 Å². The molecule has 1 amide bonds. The lowest BCUT2D eigenvalue weighted by Gasteiger charge is -2.35. The van der Waals surface area contributed by atoms with Gasteiger partial charge in [0.2, 0.25) is 11.9 Å². The monoisotopic (exact) mass is 304 g/mol. The van der Waals surface area contributed by atoms with E-state index in [2.05, 4.69) is 20.2 Å². The molecule has 3 rings (SSSR count). The minimum atomic E-state index is 0.0609. The summed E-state index contributed by atoms with van der Waals surface area (Å²) in [5, 5.41) is 2.69. The molecule has 2 saturated heterocycles. The summed E-state index contributed by atoms with van der Waals surface area (Å²) in [6.07, 6.45) is 1.56. The van der Waals surface area contributed by atoms with E-state index >= 15 is 0 Å². The number of amides is 1. The Morgan fingerprint density at radius 2 is 2.14 bits per heavy atom. The van der Waals surface area contributed by atoms with E-state index < -0.39 is 0 Å². The van der Waals surface area contributed by atoms with Crippen LogP contribution in [0.2, 0.25) is 0 Å². The number of hydrogen-bond donors (Lipinski definition) is 1. The number of nitrogens with zero attached hydrogens (tertiary/aromatic N) is 3. The minimum Gasteiger partial charge on any atom is -0.377 e. The minimum absolute atomic E-state index is 0.0609. The Morgan fingerprint density at radius 1 is 1.41 bits per heavy atom. The molecule has 0 saturated carbocycles. The average Bonchev–Trinajstić information content (AvgIpc) is 2.88. The molecule has 2 fully saturated rings. The summed E-state index contributed by atoms with van der Waals surface area (Å²) >= 11 is 0. The van der Waals surface area contributed by atoms with E-state index in [0.29, 0.717) is 18.3 Å². The molecule has 120 valence electrons. The van der Waals surface area contributed by atoms with Crippen LogP contribution in [0.3, 0.4) is 0 Å². The summed E-state index contributed by atoms with van der Waals surface area (Å²) < 4.78 is 5.88. The van der Waals surface area contributed by atoms with Gasteiger partial charge in [-0.15, -0.1) is 0 Å². The number of carbonyl (C=O) groups is 1. The first-order chi connectivity index (χ1) is 10.6. The highest BCUT2D eigenvalue weighted by Gasteiger charge is 2.41. The van der Waals surface area contributed by atoms with Crippen molar-refractivity contribution in [1.29, 1.82) is 0 Å². The van der Waals surface area contributed by atoms with Gasteiger partial charge in [-0.2, -0.15) is 0 Å². The molecule has 2 aliphatic rings. The molecular formula is C16H24N4O2. The van der Waals surface area contributed by atoms with E-state index in [9.17, 15) is 4.79 Å². The standard InChI is InChI=1S/C16H24N4O2/c1-10-6-11(2)19-16(18-10)20-5-4-13-12(8-20)9-22-14(13)7-15(21)17-3/h6,12-14H,4-5,7-9H2,1-3H3,(H,17,21)/t12-,13-,14+/m1/s1. The van der Waals surface area contributed by atoms with Crippen molar-refractivity contribution < 1.29 is 9.53 Å². The van der Waals surface area contributed by atoms with Crippen LogP contribution in [0.15, 0.2) is 6.07 Å². The molecule has 1 aromatic heterocycles. The predicted octanol–water partition coefficient (Wildman–Crippen LogP) is 1.07. The summed E-state index contributed by atoms with van der Waals surface area (Å²) in [4.78, 5) is 23.0. The molecule has 0 aliphatic carbocycles. The molecule has 1 aromatic rings. The van der Waals surface area contributed by atoms with Crippen LogP contribution in [0.4, 0.5) is 5.95 Å². The van der Waals surface area contributed by atoms with Gasteiger partial charge in [-0.3, -0.25) is 4.79 Å². The Bertz CT molecular complexity index is 543. The molecule has 1 N–H and O–H groups in total. The van der Waals surface area contributed by atoms with Crippen LogP contribution in [0, 0.1) is 25.7 Å². The zero-order valence-electron chi connectivity index (χ0n) is 13.5. The second kappa shape index (κ2) is 6.20. The molecular weight excluding hydrogens is 280 g/mol. The number of piperidine rings is 1. The van der Waals surface area contributed by atoms with Gasteiger partial charge in [0.15, 0.2) is 0 Å². The van der Waals surface area contributed by atoms with Crippen LogP contribution >= 0.6 is 0 Å². The van der Waals surface area contributed by atoms with E-state index in [0.717, 1.165) is 43.5 Å². The topological polar surface area (TPSA) is 67.3 Å². The summed E-state index contributed by atoms with van der Waals surface area (Å²) in [5.74, 6) is 1.82. The average molecular weight is 304 g/mol. The first-order valence-electron chi connectivity index (χ1n) is 7.96. The number of carbonyl (C=O) groups excluding carboxylic acids is 1. The van der Waals surface area contributed by atoms with Gasteiger partial charge in [0, 0.05) is 37.4 Å². The number of aromatic nitrogens is 2. The van der Waals surface area contributed by atoms with Crippen LogP contribution in [0.1, 0.15) is 24.2 Å². The molecule has 0 radical (unpaired) electrons. The molecule has 2 aliphatic heterocycles. The van der Waals surface area contributed by atoms with Crippen LogP contribution in [0.25, 0.3) is 0 Å². The van der Waals surface area contributed by atoms with Crippen molar-refractivity contribution in [2.24, 2.45) is 11.8 Å². The fourth-order valence-corrected chi connectivity index (χ4v) is 3.61. The summed E-state index contributed by atoms with van der Waals surface area (Å²) in [7, 11) is 1.68. The predicted molar refractivity (Wildman–Crippen MR) is 83.7 cm³/mol. The van der Waals surface area contributed by atoms with Gasteiger partial charge in [0.05, 0.1) is 19.1 Å². The third-order valence-electron chi connectivity index (χ3n) is 4.71. The number of ether oxygens (including phenoxy) is 1. The van der Waals surface area contributed by atoms with Gasteiger partial charge >= 0.3 is 0 Å². The number of aryl methyl sites for hydroxylation is 2. The Kier molecular flexibility index (Phi) is 4.29. The fraction of sp³-hybridized carbons (Fsp3) is 0.688. The summed E-state index contributed by atoms with van der Waals surface area (Å²) in [6.45, 7) is 6.58. The highest BCUT2D eigenvalue weighted by atomic mass is 16.5. The lowest BCUT2D eigenvalue weighted by Crippen LogP contribution is -2.43. The first-order valence-corrected chi connectivity index (χ1v) is 7.96. The van der Waals surface area contributed by atoms with E-state index in [1.54, 1.807) is 7.05 Å². The molecule has 0 spiro atoms. The van der Waals surface area contributed by atoms with Gasteiger partial charge in [-0.1, -0.05) is 0 Å². The van der Waals surface area contributed by atoms with E-state index in [1.165, 1.54) is 0 Å². The van der Waals surface area contributed by atoms with E-state index in [4.69, 9.17) is 4.74 Å². The number of nitrogens with one attached hydrogen (secondary N) is 1. The maximum atomic E-state index is 11.6. The van der Waals surface area contributed by atoms with Gasteiger partial charge in [0.1, 0.15) is 0 Å². The molecule has 0 unspecified atom stereocenters. The molecule has 22 heavy (non-hydrogen) atoms. The third-order valence-corrected chi connectivity index (χ3v) is 4.71. The van der Waals surface area contributed by atoms with Crippen molar-refractivity contribution in [3.05, 3.63) is 17.5 Å². The molecule has 3 heterocycles. The largest absolute Gasteiger partial charge is 0.377 e. The van der Waals surface area contributed by atoms with E-state index in [1.807, 2.05) is 19.9 Å². The molecule has 6 heteroatoms. The maximum absolute atomic E-state index is 11.6. The molecule has 0 aromatic carbocycles. The van der Waals surface area contributed by atoms with Crippen molar-refractivity contribution in [1.82, 2.24) is 15.3 Å². The van der Waals surface area contributed by atoms with Gasteiger partial charge in [0.25, 0.3) is 0 Å². The Balaban J connectivity index is 1.67. The molecule has 3 atom stereocenters. The lowest BCUT2D eigenvalue weighted by molar-refractivity contribution is -0.123. The summed E-state index contributed by atoms with van der Waals surface area (Å²) in [5.41, 5.74) is 2.01. The second-order valence-electron chi connectivity index (χ2n) is 6.36. The molecule has 6 nitrogen and oxygen atoms in total. The lowest BCUT2D eigenvalue weighted by atomic mass is 9.83. The smallest absolute Gasteiger partial charge is 0.225 e. The van der Waals surface area contributed by atoms with Crippen molar-refractivity contribution in [2.45, 2.75) is 32.8 Å². The van der Waals surface area contributed by atoms with Crippen LogP contribution in [-0.4, -0.2) is 48.7 Å². The zero-order chi connectivity index (χ0) is 15.7. The zero-order valence-corrected chi connectivity index (χ0v) is 13.5. The normalized spacial score (nSPS) is 27.6. The first kappa shape index (κ1) is 15.2. The third kappa shape index (κ3) is 3.06. The highest BCUT2D eigenvalue weighted by molar-refractivity contribution is 5.76. The van der Waals surface area contributed by atoms with E-state index in [-0.39, 0.29) is 12.0 Å². The summed E-state index contributed by atoms with van der Waals surface area (Å²) in [6, 6.07) is 1.99. The number of anilines is 1. The highest BCUT2D eigenvalue weighted by Crippen LogP contribution is 2.36.